The number of amides is 1. The second kappa shape index (κ2) is 10.5. The van der Waals surface area contributed by atoms with Crippen LogP contribution in [0.4, 0.5) is 10.1 Å². The lowest BCUT2D eigenvalue weighted by atomic mass is 9.95. The summed E-state index contributed by atoms with van der Waals surface area (Å²) in [5, 5.41) is 3.15. The molecule has 1 aliphatic rings. The highest BCUT2D eigenvalue weighted by molar-refractivity contribution is 5.96. The summed E-state index contributed by atoms with van der Waals surface area (Å²) in [5.41, 5.74) is 3.71. The monoisotopic (exact) mass is 448 g/mol. The number of anilines is 1. The zero-order valence-electron chi connectivity index (χ0n) is 19.0. The molecule has 1 fully saturated rings. The summed E-state index contributed by atoms with van der Waals surface area (Å²) < 4.78 is 24.1. The molecule has 1 saturated heterocycles. The molecule has 0 unspecified atom stereocenters. The van der Waals surface area contributed by atoms with Crippen LogP contribution in [-0.4, -0.2) is 38.1 Å². The van der Waals surface area contributed by atoms with Crippen LogP contribution >= 0.6 is 0 Å². The van der Waals surface area contributed by atoms with Gasteiger partial charge in [0.2, 0.25) is 5.91 Å². The quantitative estimate of drug-likeness (QED) is 0.529. The second-order valence-electron chi connectivity index (χ2n) is 8.27. The summed E-state index contributed by atoms with van der Waals surface area (Å²) in [6, 6.07) is 20.3. The molecular weight excluding hydrogens is 419 g/mol. The van der Waals surface area contributed by atoms with E-state index in [1.54, 1.807) is 20.3 Å². The van der Waals surface area contributed by atoms with Crippen LogP contribution in [0.15, 0.2) is 66.7 Å². The normalized spacial score (nSPS) is 14.6. The number of piperidine rings is 1. The third-order valence-corrected chi connectivity index (χ3v) is 6.17. The number of carbonyl (C=O) groups excluding carboxylic acids is 1. The van der Waals surface area contributed by atoms with Gasteiger partial charge < -0.3 is 14.8 Å². The van der Waals surface area contributed by atoms with E-state index in [0.29, 0.717) is 12.3 Å². The van der Waals surface area contributed by atoms with Crippen molar-refractivity contribution in [2.75, 3.05) is 32.6 Å². The number of nitrogens with one attached hydrogen (secondary N) is 1. The van der Waals surface area contributed by atoms with Crippen molar-refractivity contribution in [1.82, 2.24) is 4.90 Å². The molecule has 0 saturated carbocycles. The van der Waals surface area contributed by atoms with Crippen molar-refractivity contribution in [3.8, 4) is 22.6 Å². The first-order valence-corrected chi connectivity index (χ1v) is 11.2. The van der Waals surface area contributed by atoms with Crippen molar-refractivity contribution >= 4 is 11.6 Å². The van der Waals surface area contributed by atoms with Crippen LogP contribution in [-0.2, 0) is 11.3 Å². The van der Waals surface area contributed by atoms with Gasteiger partial charge >= 0.3 is 0 Å². The van der Waals surface area contributed by atoms with E-state index in [1.165, 1.54) is 12.1 Å². The van der Waals surface area contributed by atoms with Gasteiger partial charge in [0.1, 0.15) is 17.3 Å². The highest BCUT2D eigenvalue weighted by Gasteiger charge is 2.26. The Labute approximate surface area is 194 Å². The molecule has 0 aliphatic carbocycles. The van der Waals surface area contributed by atoms with E-state index < -0.39 is 0 Å². The average molecular weight is 449 g/mol. The molecule has 3 aromatic carbocycles. The third kappa shape index (κ3) is 5.52. The number of rotatable bonds is 7. The summed E-state index contributed by atoms with van der Waals surface area (Å²) in [5.74, 6) is 1.03. The molecule has 0 bridgehead atoms. The molecule has 0 atom stereocenters. The van der Waals surface area contributed by atoms with Crippen LogP contribution in [0.2, 0.25) is 0 Å². The maximum Gasteiger partial charge on any atom is 0.227 e. The van der Waals surface area contributed by atoms with Crippen molar-refractivity contribution in [3.05, 3.63) is 78.1 Å². The van der Waals surface area contributed by atoms with Crippen LogP contribution in [0.3, 0.4) is 0 Å². The maximum absolute atomic E-state index is 13.5. The Kier molecular flexibility index (Phi) is 7.25. The van der Waals surface area contributed by atoms with E-state index in [1.807, 2.05) is 48.5 Å². The van der Waals surface area contributed by atoms with Crippen molar-refractivity contribution in [2.45, 2.75) is 19.4 Å². The molecule has 172 valence electrons. The molecule has 1 amide bonds. The molecule has 4 rings (SSSR count). The van der Waals surface area contributed by atoms with Gasteiger partial charge in [-0.2, -0.15) is 0 Å². The molecule has 0 spiro atoms. The summed E-state index contributed by atoms with van der Waals surface area (Å²) in [4.78, 5) is 15.3. The number of nitrogens with zero attached hydrogens (tertiary/aromatic N) is 1. The van der Waals surface area contributed by atoms with Crippen LogP contribution in [0.1, 0.15) is 18.4 Å². The number of para-hydroxylation sites is 1. The number of hydrogen-bond acceptors (Lipinski definition) is 4. The Morgan fingerprint density at radius 3 is 2.55 bits per heavy atom. The van der Waals surface area contributed by atoms with Crippen molar-refractivity contribution in [3.63, 3.8) is 0 Å². The number of hydrogen-bond donors (Lipinski definition) is 1. The van der Waals surface area contributed by atoms with Crippen LogP contribution in [0.25, 0.3) is 11.1 Å². The Morgan fingerprint density at radius 2 is 1.79 bits per heavy atom. The van der Waals surface area contributed by atoms with Gasteiger partial charge in [0, 0.05) is 35.3 Å². The van der Waals surface area contributed by atoms with E-state index >= 15 is 0 Å². The second-order valence-corrected chi connectivity index (χ2v) is 8.27. The zero-order valence-corrected chi connectivity index (χ0v) is 19.0. The predicted octanol–water partition coefficient (Wildman–Crippen LogP) is 5.36. The first-order chi connectivity index (χ1) is 16.1. The van der Waals surface area contributed by atoms with E-state index in [0.717, 1.165) is 54.1 Å². The molecule has 1 heterocycles. The summed E-state index contributed by atoms with van der Waals surface area (Å²) >= 11 is 0. The number of halogens is 1. The number of carbonyl (C=O) groups is 1. The van der Waals surface area contributed by atoms with Crippen LogP contribution in [0.5, 0.6) is 11.5 Å². The van der Waals surface area contributed by atoms with Crippen LogP contribution in [0, 0.1) is 11.7 Å². The Hall–Kier alpha value is -3.38. The topological polar surface area (TPSA) is 50.8 Å². The molecule has 6 heteroatoms. The number of methoxy groups -OCH3 is 2. The van der Waals surface area contributed by atoms with E-state index in [9.17, 15) is 9.18 Å². The number of ether oxygens (including phenoxy) is 2. The first kappa shape index (κ1) is 22.8. The fourth-order valence-corrected chi connectivity index (χ4v) is 4.31. The SMILES string of the molecule is COc1cccc(-c2ccccc2NC(=O)C2CCN(Cc3ccc(F)cc3OC)CC2)c1. The number of likely N-dealkylation sites (tertiary alicyclic amines) is 1. The van der Waals surface area contributed by atoms with Gasteiger partial charge in [-0.1, -0.05) is 36.4 Å². The Balaban J connectivity index is 1.38. The lowest BCUT2D eigenvalue weighted by Gasteiger charge is -2.31. The zero-order chi connectivity index (χ0) is 23.2. The largest absolute Gasteiger partial charge is 0.497 e. The van der Waals surface area contributed by atoms with Gasteiger partial charge in [-0.05, 0) is 55.8 Å². The minimum atomic E-state index is -0.305. The van der Waals surface area contributed by atoms with Crippen molar-refractivity contribution < 1.29 is 18.7 Å². The molecule has 3 aromatic rings. The summed E-state index contributed by atoms with van der Waals surface area (Å²) in [6.45, 7) is 2.28. The lowest BCUT2D eigenvalue weighted by molar-refractivity contribution is -0.121. The van der Waals surface area contributed by atoms with E-state index in [-0.39, 0.29) is 17.6 Å². The van der Waals surface area contributed by atoms with Crippen LogP contribution < -0.4 is 14.8 Å². The number of benzene rings is 3. The lowest BCUT2D eigenvalue weighted by Crippen LogP contribution is -2.37. The molecule has 5 nitrogen and oxygen atoms in total. The minimum Gasteiger partial charge on any atom is -0.497 e. The molecule has 1 aliphatic heterocycles. The van der Waals surface area contributed by atoms with E-state index in [4.69, 9.17) is 9.47 Å². The first-order valence-electron chi connectivity index (χ1n) is 11.2. The van der Waals surface area contributed by atoms with Gasteiger partial charge in [-0.15, -0.1) is 0 Å². The van der Waals surface area contributed by atoms with Gasteiger partial charge in [0.25, 0.3) is 0 Å². The minimum absolute atomic E-state index is 0.0457. The molecule has 0 radical (unpaired) electrons. The summed E-state index contributed by atoms with van der Waals surface area (Å²) in [6.07, 6.45) is 1.55. The standard InChI is InChI=1S/C27H29FN2O3/c1-32-23-7-5-6-20(16-23)24-8-3-4-9-25(24)29-27(31)19-12-14-30(15-13-19)18-21-10-11-22(28)17-26(21)33-2/h3-11,16-17,19H,12-15,18H2,1-2H3,(H,29,31). The molecular formula is C27H29FN2O3. The Bertz CT molecular complexity index is 1110. The fraction of sp³-hybridized carbons (Fsp3) is 0.296. The van der Waals surface area contributed by atoms with Crippen molar-refractivity contribution in [1.29, 1.82) is 0 Å². The average Bonchev–Trinajstić information content (AvgIpc) is 2.86. The predicted molar refractivity (Wildman–Crippen MR) is 128 cm³/mol. The maximum atomic E-state index is 13.5. The highest BCUT2D eigenvalue weighted by Crippen LogP contribution is 2.31. The molecule has 0 aromatic heterocycles. The van der Waals surface area contributed by atoms with Crippen molar-refractivity contribution in [2.24, 2.45) is 5.92 Å². The van der Waals surface area contributed by atoms with Gasteiger partial charge in [-0.25, -0.2) is 4.39 Å². The highest BCUT2D eigenvalue weighted by atomic mass is 19.1. The molecule has 33 heavy (non-hydrogen) atoms. The van der Waals surface area contributed by atoms with Gasteiger partial charge in [0.15, 0.2) is 0 Å². The summed E-state index contributed by atoms with van der Waals surface area (Å²) in [7, 11) is 3.20. The molecule has 1 N–H and O–H groups in total. The third-order valence-electron chi connectivity index (χ3n) is 6.17. The smallest absolute Gasteiger partial charge is 0.227 e. The Morgan fingerprint density at radius 1 is 1.00 bits per heavy atom. The van der Waals surface area contributed by atoms with Gasteiger partial charge in [-0.3, -0.25) is 9.69 Å². The fourth-order valence-electron chi connectivity index (χ4n) is 4.31. The van der Waals surface area contributed by atoms with E-state index in [2.05, 4.69) is 10.2 Å². The van der Waals surface area contributed by atoms with Gasteiger partial charge in [0.05, 0.1) is 14.2 Å².